The Hall–Kier alpha value is -3.01. The number of nitrogens with zero attached hydrogens (tertiary/aromatic N) is 8. The van der Waals surface area contributed by atoms with Crippen LogP contribution in [0.3, 0.4) is 0 Å². The number of amides is 1. The molecule has 2 unspecified atom stereocenters. The van der Waals surface area contributed by atoms with Gasteiger partial charge in [-0.05, 0) is 30.5 Å². The van der Waals surface area contributed by atoms with Crippen LogP contribution in [-0.4, -0.2) is 52.7 Å². The third-order valence-electron chi connectivity index (χ3n) is 4.67. The Bertz CT molecular complexity index is 902. The van der Waals surface area contributed by atoms with Crippen LogP contribution in [0.25, 0.3) is 0 Å². The average molecular weight is 403 g/mol. The van der Waals surface area contributed by atoms with Crippen LogP contribution in [-0.2, 0) is 11.3 Å². The van der Waals surface area contributed by atoms with E-state index in [1.807, 2.05) is 18.2 Å². The molecular formula is C17H19ClN8O2. The Morgan fingerprint density at radius 2 is 2.14 bits per heavy atom. The molecule has 0 aliphatic carbocycles. The number of benzene rings is 1. The third kappa shape index (κ3) is 3.96. The molecule has 0 bridgehead atoms. The molecule has 0 radical (unpaired) electrons. The lowest BCUT2D eigenvalue weighted by atomic mass is 10.1. The molecule has 0 spiro atoms. The number of tetrazole rings is 1. The first kappa shape index (κ1) is 18.4. The molecule has 0 saturated carbocycles. The van der Waals surface area contributed by atoms with Gasteiger partial charge >= 0.3 is 6.09 Å². The quantitative estimate of drug-likeness (QED) is 0.645. The molecule has 3 heterocycles. The summed E-state index contributed by atoms with van der Waals surface area (Å²) in [5, 5.41) is 20.0. The predicted molar refractivity (Wildman–Crippen MR) is 98.1 cm³/mol. The Morgan fingerprint density at radius 1 is 1.25 bits per heavy atom. The van der Waals surface area contributed by atoms with Crippen LogP contribution in [0.4, 0.5) is 4.79 Å². The zero-order valence-corrected chi connectivity index (χ0v) is 15.8. The molecule has 1 aliphatic heterocycles. The maximum Gasteiger partial charge on any atom is 0.412 e. The number of rotatable bonds is 5. The zero-order chi connectivity index (χ0) is 19.3. The van der Waals surface area contributed by atoms with E-state index in [9.17, 15) is 4.79 Å². The standard InChI is InChI=1S/C17H19ClN8O2/c18-14-6-2-1-5-13(14)15(11-26-21-12-20-23-26)28-17(27)24-9-4-3-7-16(24)25-10-8-19-22-25/h1-2,5-6,8,10,12,15-16H,3-4,7,9,11H2. The molecule has 10 nitrogen and oxygen atoms in total. The van der Waals surface area contributed by atoms with E-state index in [0.717, 1.165) is 19.3 Å². The normalized spacial score (nSPS) is 18.0. The fraction of sp³-hybridized carbons (Fsp3) is 0.412. The highest BCUT2D eigenvalue weighted by Gasteiger charge is 2.32. The molecule has 146 valence electrons. The highest BCUT2D eigenvalue weighted by atomic mass is 35.5. The number of hydrogen-bond acceptors (Lipinski definition) is 7. The zero-order valence-electron chi connectivity index (χ0n) is 15.0. The Morgan fingerprint density at radius 3 is 2.89 bits per heavy atom. The molecule has 2 aromatic heterocycles. The third-order valence-corrected chi connectivity index (χ3v) is 5.01. The molecule has 1 aliphatic rings. The van der Waals surface area contributed by atoms with Crippen molar-refractivity contribution >= 4 is 17.7 Å². The summed E-state index contributed by atoms with van der Waals surface area (Å²) < 4.78 is 7.56. The second kappa shape index (κ2) is 8.34. The van der Waals surface area contributed by atoms with E-state index in [2.05, 4.69) is 25.7 Å². The van der Waals surface area contributed by atoms with Crippen LogP contribution in [0.15, 0.2) is 43.0 Å². The Labute approximate surface area is 166 Å². The topological polar surface area (TPSA) is 104 Å². The van der Waals surface area contributed by atoms with Crippen LogP contribution in [0, 0.1) is 0 Å². The molecule has 3 aromatic rings. The second-order valence-electron chi connectivity index (χ2n) is 6.44. The maximum atomic E-state index is 13.1. The molecule has 0 N–H and O–H groups in total. The van der Waals surface area contributed by atoms with Crippen LogP contribution < -0.4 is 0 Å². The average Bonchev–Trinajstić information content (AvgIpc) is 3.42. The van der Waals surface area contributed by atoms with Crippen molar-refractivity contribution < 1.29 is 9.53 Å². The van der Waals surface area contributed by atoms with Gasteiger partial charge in [-0.1, -0.05) is 35.0 Å². The number of carbonyl (C=O) groups is 1. The largest absolute Gasteiger partial charge is 0.439 e. The Kier molecular flexibility index (Phi) is 5.47. The molecule has 28 heavy (non-hydrogen) atoms. The number of aromatic nitrogens is 7. The lowest BCUT2D eigenvalue weighted by molar-refractivity contribution is 0.0149. The summed E-state index contributed by atoms with van der Waals surface area (Å²) in [6.07, 6.45) is 6.06. The van der Waals surface area contributed by atoms with Gasteiger partial charge in [0.15, 0.2) is 12.4 Å². The fourth-order valence-electron chi connectivity index (χ4n) is 3.32. The molecule has 1 aromatic carbocycles. The van der Waals surface area contributed by atoms with Gasteiger partial charge in [0, 0.05) is 23.3 Å². The summed E-state index contributed by atoms with van der Waals surface area (Å²) in [6.45, 7) is 0.789. The van der Waals surface area contributed by atoms with E-state index < -0.39 is 12.2 Å². The van der Waals surface area contributed by atoms with Gasteiger partial charge in [-0.2, -0.15) is 4.80 Å². The fourth-order valence-corrected chi connectivity index (χ4v) is 3.58. The summed E-state index contributed by atoms with van der Waals surface area (Å²) in [5.41, 5.74) is 0.684. The minimum atomic E-state index is -0.659. The summed E-state index contributed by atoms with van der Waals surface area (Å²) in [4.78, 5) is 16.1. The van der Waals surface area contributed by atoms with Crippen molar-refractivity contribution in [1.29, 1.82) is 0 Å². The van der Waals surface area contributed by atoms with Gasteiger partial charge in [0.25, 0.3) is 0 Å². The van der Waals surface area contributed by atoms with E-state index in [0.29, 0.717) is 17.1 Å². The van der Waals surface area contributed by atoms with Crippen molar-refractivity contribution in [3.05, 3.63) is 53.6 Å². The minimum absolute atomic E-state index is 0.206. The first-order valence-corrected chi connectivity index (χ1v) is 9.38. The van der Waals surface area contributed by atoms with Crippen molar-refractivity contribution in [1.82, 2.24) is 40.1 Å². The monoisotopic (exact) mass is 402 g/mol. The number of hydrogen-bond donors (Lipinski definition) is 0. The van der Waals surface area contributed by atoms with Crippen molar-refractivity contribution in [2.45, 2.75) is 38.1 Å². The number of ether oxygens (including phenoxy) is 1. The lowest BCUT2D eigenvalue weighted by Gasteiger charge is -2.35. The molecule has 1 fully saturated rings. The van der Waals surface area contributed by atoms with E-state index in [1.54, 1.807) is 28.0 Å². The van der Waals surface area contributed by atoms with Crippen LogP contribution >= 0.6 is 11.6 Å². The van der Waals surface area contributed by atoms with Crippen molar-refractivity contribution in [3.8, 4) is 0 Å². The van der Waals surface area contributed by atoms with Gasteiger partial charge in [-0.25, -0.2) is 9.48 Å². The summed E-state index contributed by atoms with van der Waals surface area (Å²) in [6, 6.07) is 7.24. The smallest absolute Gasteiger partial charge is 0.412 e. The van der Waals surface area contributed by atoms with Gasteiger partial charge in [0.05, 0.1) is 6.20 Å². The van der Waals surface area contributed by atoms with Crippen molar-refractivity contribution in [3.63, 3.8) is 0 Å². The number of piperidine rings is 1. The molecule has 1 amide bonds. The van der Waals surface area contributed by atoms with E-state index in [1.165, 1.54) is 11.1 Å². The highest BCUT2D eigenvalue weighted by molar-refractivity contribution is 6.31. The minimum Gasteiger partial charge on any atom is -0.439 e. The van der Waals surface area contributed by atoms with Gasteiger partial charge < -0.3 is 4.74 Å². The molecule has 2 atom stereocenters. The lowest BCUT2D eigenvalue weighted by Crippen LogP contribution is -2.42. The predicted octanol–water partition coefficient (Wildman–Crippen LogP) is 2.48. The van der Waals surface area contributed by atoms with Gasteiger partial charge in [-0.15, -0.1) is 15.3 Å². The molecule has 11 heteroatoms. The van der Waals surface area contributed by atoms with Crippen molar-refractivity contribution in [2.75, 3.05) is 6.54 Å². The van der Waals surface area contributed by atoms with Gasteiger partial charge in [-0.3, -0.25) is 4.90 Å². The number of halogens is 1. The SMILES string of the molecule is O=C(OC(Cn1ncnn1)c1ccccc1Cl)N1CCCCC1n1ccnn1. The summed E-state index contributed by atoms with van der Waals surface area (Å²) in [7, 11) is 0. The number of likely N-dealkylation sites (tertiary alicyclic amines) is 1. The van der Waals surface area contributed by atoms with Gasteiger partial charge in [0.1, 0.15) is 12.7 Å². The van der Waals surface area contributed by atoms with Crippen molar-refractivity contribution in [2.24, 2.45) is 0 Å². The second-order valence-corrected chi connectivity index (χ2v) is 6.84. The van der Waals surface area contributed by atoms with E-state index >= 15 is 0 Å². The van der Waals surface area contributed by atoms with E-state index in [4.69, 9.17) is 16.3 Å². The highest BCUT2D eigenvalue weighted by Crippen LogP contribution is 2.30. The molecule has 1 saturated heterocycles. The van der Waals surface area contributed by atoms with Crippen LogP contribution in [0.2, 0.25) is 5.02 Å². The molecular weight excluding hydrogens is 384 g/mol. The number of carbonyl (C=O) groups excluding carboxylic acids is 1. The first-order chi connectivity index (χ1) is 13.7. The Balaban J connectivity index is 1.56. The van der Waals surface area contributed by atoms with Gasteiger partial charge in [0.2, 0.25) is 0 Å². The van der Waals surface area contributed by atoms with Crippen LogP contribution in [0.1, 0.15) is 37.1 Å². The first-order valence-electron chi connectivity index (χ1n) is 9.00. The maximum absolute atomic E-state index is 13.1. The van der Waals surface area contributed by atoms with Crippen LogP contribution in [0.5, 0.6) is 0 Å². The summed E-state index contributed by atoms with van der Waals surface area (Å²) >= 11 is 6.35. The summed E-state index contributed by atoms with van der Waals surface area (Å²) in [5.74, 6) is 0. The van der Waals surface area contributed by atoms with E-state index in [-0.39, 0.29) is 12.7 Å². The molecule has 4 rings (SSSR count).